The Bertz CT molecular complexity index is 1150. The number of hydrogen-bond acceptors (Lipinski definition) is 6. The van der Waals surface area contributed by atoms with Gasteiger partial charge in [-0.15, -0.1) is 0 Å². The van der Waals surface area contributed by atoms with Gasteiger partial charge in [-0.2, -0.15) is 0 Å². The number of ether oxygens (including phenoxy) is 3. The predicted molar refractivity (Wildman–Crippen MR) is 106 cm³/mol. The van der Waals surface area contributed by atoms with E-state index in [0.29, 0.717) is 28.4 Å². The number of hydrogen-bond donors (Lipinski definition) is 1. The number of benzene rings is 2. The second-order valence-corrected chi connectivity index (χ2v) is 7.07. The van der Waals surface area contributed by atoms with Gasteiger partial charge < -0.3 is 23.7 Å². The van der Waals surface area contributed by atoms with Gasteiger partial charge in [0.2, 0.25) is 5.43 Å². The second-order valence-electron chi connectivity index (χ2n) is 7.07. The number of methoxy groups -OCH3 is 2. The Morgan fingerprint density at radius 3 is 2.43 bits per heavy atom. The van der Waals surface area contributed by atoms with Crippen LogP contribution in [0.2, 0.25) is 0 Å². The Kier molecular flexibility index (Phi) is 4.07. The molecule has 0 radical (unpaired) electrons. The minimum atomic E-state index is -0.503. The van der Waals surface area contributed by atoms with Crippen molar-refractivity contribution in [1.82, 2.24) is 0 Å². The summed E-state index contributed by atoms with van der Waals surface area (Å²) in [6.07, 6.45) is 3.77. The van der Waals surface area contributed by atoms with Crippen LogP contribution in [0.1, 0.15) is 19.4 Å². The summed E-state index contributed by atoms with van der Waals surface area (Å²) in [6, 6.07) is 8.40. The number of aromatic hydroxyl groups is 1. The fourth-order valence-electron chi connectivity index (χ4n) is 3.37. The molecular weight excluding hydrogens is 360 g/mol. The molecule has 1 aliphatic rings. The van der Waals surface area contributed by atoms with E-state index in [4.69, 9.17) is 18.6 Å². The summed E-state index contributed by atoms with van der Waals surface area (Å²) in [5.74, 6) is 1.06. The molecule has 3 aromatic rings. The van der Waals surface area contributed by atoms with Crippen LogP contribution in [-0.4, -0.2) is 24.9 Å². The smallest absolute Gasteiger partial charge is 0.294 e. The molecule has 0 aliphatic carbocycles. The van der Waals surface area contributed by atoms with Crippen molar-refractivity contribution in [3.8, 4) is 34.3 Å². The first-order valence-corrected chi connectivity index (χ1v) is 8.78. The van der Waals surface area contributed by atoms with E-state index < -0.39 is 11.5 Å². The Labute approximate surface area is 161 Å². The van der Waals surface area contributed by atoms with Crippen LogP contribution in [0.5, 0.6) is 23.2 Å². The molecule has 0 spiro atoms. The molecule has 28 heavy (non-hydrogen) atoms. The summed E-state index contributed by atoms with van der Waals surface area (Å²) in [5.41, 5.74) is 0.546. The van der Waals surface area contributed by atoms with Crippen molar-refractivity contribution >= 4 is 17.0 Å². The van der Waals surface area contributed by atoms with Gasteiger partial charge in [-0.1, -0.05) is 12.1 Å². The van der Waals surface area contributed by atoms with Crippen molar-refractivity contribution in [2.24, 2.45) is 0 Å². The van der Waals surface area contributed by atoms with Gasteiger partial charge in [0.15, 0.2) is 0 Å². The molecular formula is C22H20O6. The molecule has 144 valence electrons. The van der Waals surface area contributed by atoms with Crippen LogP contribution in [-0.2, 0) is 0 Å². The third-order valence-electron chi connectivity index (χ3n) is 4.73. The zero-order valence-electron chi connectivity index (χ0n) is 16.0. The molecule has 2 heterocycles. The van der Waals surface area contributed by atoms with E-state index in [2.05, 4.69) is 0 Å². The van der Waals surface area contributed by atoms with Crippen LogP contribution in [0.25, 0.3) is 28.2 Å². The van der Waals surface area contributed by atoms with E-state index in [1.165, 1.54) is 7.11 Å². The first kappa shape index (κ1) is 18.0. The van der Waals surface area contributed by atoms with Gasteiger partial charge in [0.25, 0.3) is 5.95 Å². The number of rotatable bonds is 3. The Morgan fingerprint density at radius 1 is 1.07 bits per heavy atom. The zero-order chi connectivity index (χ0) is 20.1. The molecule has 0 amide bonds. The minimum Gasteiger partial charge on any atom is -0.497 e. The van der Waals surface area contributed by atoms with E-state index >= 15 is 0 Å². The summed E-state index contributed by atoms with van der Waals surface area (Å²) in [7, 11) is 3.05. The number of fused-ring (bicyclic) bond motifs is 2. The van der Waals surface area contributed by atoms with Gasteiger partial charge in [0, 0.05) is 6.07 Å². The molecule has 6 nitrogen and oxygen atoms in total. The van der Waals surface area contributed by atoms with Crippen LogP contribution in [0.3, 0.4) is 0 Å². The van der Waals surface area contributed by atoms with Crippen molar-refractivity contribution < 1.29 is 23.7 Å². The average Bonchev–Trinajstić information content (AvgIpc) is 2.66. The van der Waals surface area contributed by atoms with Crippen molar-refractivity contribution in [3.05, 3.63) is 52.2 Å². The molecule has 6 heteroatoms. The lowest BCUT2D eigenvalue weighted by molar-refractivity contribution is 0.158. The molecule has 0 unspecified atom stereocenters. The first-order chi connectivity index (χ1) is 13.3. The largest absolute Gasteiger partial charge is 0.497 e. The zero-order valence-corrected chi connectivity index (χ0v) is 16.0. The monoisotopic (exact) mass is 380 g/mol. The van der Waals surface area contributed by atoms with E-state index in [1.807, 2.05) is 26.0 Å². The summed E-state index contributed by atoms with van der Waals surface area (Å²) >= 11 is 0. The summed E-state index contributed by atoms with van der Waals surface area (Å²) in [6.45, 7) is 3.84. The second kappa shape index (κ2) is 6.34. The lowest BCUT2D eigenvalue weighted by atomic mass is 9.98. The highest BCUT2D eigenvalue weighted by molar-refractivity contribution is 5.94. The quantitative estimate of drug-likeness (QED) is 0.727. The summed E-state index contributed by atoms with van der Waals surface area (Å²) in [4.78, 5) is 13.3. The standard InChI is InChI=1S/C22H20O6/c1-22(2)10-9-14-15(28-22)11-16-18(20(14)26-4)19(23)17(21(24)27-16)12-5-7-13(25-3)8-6-12/h5-11,24H,1-4H3. The van der Waals surface area contributed by atoms with Crippen LogP contribution in [0.4, 0.5) is 0 Å². The van der Waals surface area contributed by atoms with Gasteiger partial charge in [0.1, 0.15) is 39.4 Å². The predicted octanol–water partition coefficient (Wildman–Crippen LogP) is 4.37. The molecule has 1 aliphatic heterocycles. The minimum absolute atomic E-state index is 0.0643. The molecule has 0 fully saturated rings. The summed E-state index contributed by atoms with van der Waals surface area (Å²) in [5, 5.41) is 10.7. The highest BCUT2D eigenvalue weighted by atomic mass is 16.5. The Morgan fingerprint density at radius 2 is 1.79 bits per heavy atom. The van der Waals surface area contributed by atoms with E-state index in [1.54, 1.807) is 37.4 Å². The van der Waals surface area contributed by atoms with Crippen LogP contribution < -0.4 is 19.6 Å². The van der Waals surface area contributed by atoms with Crippen molar-refractivity contribution in [2.75, 3.05) is 14.2 Å². The molecule has 0 atom stereocenters. The maximum absolute atomic E-state index is 13.3. The van der Waals surface area contributed by atoms with Crippen molar-refractivity contribution in [1.29, 1.82) is 0 Å². The summed E-state index contributed by atoms with van der Waals surface area (Å²) < 4.78 is 22.3. The highest BCUT2D eigenvalue weighted by Crippen LogP contribution is 2.43. The van der Waals surface area contributed by atoms with E-state index in [9.17, 15) is 9.90 Å². The van der Waals surface area contributed by atoms with Gasteiger partial charge in [-0.05, 0) is 43.7 Å². The molecule has 0 saturated heterocycles. The van der Waals surface area contributed by atoms with Gasteiger partial charge in [-0.25, -0.2) is 0 Å². The third-order valence-corrected chi connectivity index (χ3v) is 4.73. The van der Waals surface area contributed by atoms with Crippen molar-refractivity contribution in [3.63, 3.8) is 0 Å². The Hall–Kier alpha value is -3.41. The molecule has 0 bridgehead atoms. The van der Waals surface area contributed by atoms with E-state index in [0.717, 1.165) is 0 Å². The van der Waals surface area contributed by atoms with Gasteiger partial charge >= 0.3 is 0 Å². The maximum Gasteiger partial charge on any atom is 0.294 e. The first-order valence-electron chi connectivity index (χ1n) is 8.78. The lowest BCUT2D eigenvalue weighted by Gasteiger charge is -2.28. The van der Waals surface area contributed by atoms with Gasteiger partial charge in [0.05, 0.1) is 19.8 Å². The highest BCUT2D eigenvalue weighted by Gasteiger charge is 2.28. The lowest BCUT2D eigenvalue weighted by Crippen LogP contribution is -2.27. The maximum atomic E-state index is 13.3. The topological polar surface area (TPSA) is 78.1 Å². The van der Waals surface area contributed by atoms with E-state index in [-0.39, 0.29) is 22.0 Å². The Balaban J connectivity index is 2.02. The molecule has 0 saturated carbocycles. The van der Waals surface area contributed by atoms with Crippen LogP contribution in [0, 0.1) is 0 Å². The van der Waals surface area contributed by atoms with Gasteiger partial charge in [-0.3, -0.25) is 4.79 Å². The molecule has 1 N–H and O–H groups in total. The molecule has 4 rings (SSSR count). The fraction of sp³-hybridized carbons (Fsp3) is 0.227. The molecule has 2 aromatic carbocycles. The van der Waals surface area contributed by atoms with Crippen molar-refractivity contribution in [2.45, 2.75) is 19.4 Å². The average molecular weight is 380 g/mol. The third kappa shape index (κ3) is 2.78. The molecule has 1 aromatic heterocycles. The van der Waals surface area contributed by atoms with Crippen LogP contribution >= 0.6 is 0 Å². The SMILES string of the molecule is COc1ccc(-c2c(O)oc3cc4c(c(OC)c3c2=O)C=CC(C)(C)O4)cc1. The normalized spacial score (nSPS) is 14.4. The van der Waals surface area contributed by atoms with Crippen LogP contribution in [0.15, 0.2) is 45.6 Å². The fourth-order valence-corrected chi connectivity index (χ4v) is 3.37.